The van der Waals surface area contributed by atoms with Crippen LogP contribution in [0, 0.1) is 0 Å². The van der Waals surface area contributed by atoms with Crippen LogP contribution in [0.25, 0.3) is 0 Å². The molecule has 6 fully saturated rings. The Bertz CT molecular complexity index is 1510. The molecule has 0 aromatic heterocycles. The topological polar surface area (TPSA) is 506 Å². The number of hydrogen-bond donors (Lipinski definition) is 20. The first-order chi connectivity index (χ1) is 31.8. The molecule has 0 amide bonds. The zero-order valence-electron chi connectivity index (χ0n) is 35.0. The molecule has 0 aromatic carbocycles. The van der Waals surface area contributed by atoms with E-state index in [0.717, 1.165) is 0 Å². The van der Waals surface area contributed by atoms with Crippen molar-refractivity contribution in [2.75, 3.05) is 39.6 Å². The molecule has 0 saturated carbocycles. The Labute approximate surface area is 378 Å². The Hall–Kier alpha value is -1.24. The summed E-state index contributed by atoms with van der Waals surface area (Å²) in [5, 5.41) is 211. The van der Waals surface area contributed by atoms with Crippen molar-refractivity contribution in [2.45, 2.75) is 184 Å². The van der Waals surface area contributed by atoms with E-state index in [1.807, 2.05) is 0 Å². The minimum Gasteiger partial charge on any atom is -0.394 e. The standard InChI is InChI=1S/C36H62O31/c37-1-7-13(43)19(49)20(50)32(58-7)64-27-15(45)9(3-39)60-34(22(27)52)66-29-17(47)11(5-41)62-36(24(29)54)67-30-18(48)12(6-42)61-35(25(30)55)65-28-16(46)10(4-40)59-33(23(28)53)63-26-14(44)8(2-38)57-31(56)21(26)51/h7-56H,1-6H2/t7-,8-,9-,10-,11-,12-,13-,14-,15-,16-,17-,18-,19+,20-,21-,22-,23-,24-,25-,26+,27+,28+,29+,30+,31?,32-,33-,34-,35-,36-/m1/s1. The van der Waals surface area contributed by atoms with Crippen LogP contribution >= 0.6 is 0 Å². The quantitative estimate of drug-likeness (QED) is 0.0683. The molecular formula is C36H62O31. The van der Waals surface area contributed by atoms with Crippen LogP contribution in [0.5, 0.6) is 0 Å². The largest absolute Gasteiger partial charge is 0.394 e. The van der Waals surface area contributed by atoms with Gasteiger partial charge >= 0.3 is 0 Å². The average molecular weight is 991 g/mol. The SMILES string of the molecule is OC[C@H]1O[C@H](O[C@@H]2[C@@H](O)[C@@H](O[C@@H]3[C@@H](O)[C@@H](O[C@@H]4[C@@H](O)[C@@H](O[C@@H]5[C@@H](O)[C@@H](O[C@H]6[C@H](O)[C@@H](CO)OC(O)[C@@H]6O)O[C@H](CO)[C@H]5O)O[C@H](CO)[C@H]4O)O[C@H](CO)[C@H]3O)O[C@H](CO)[C@H]2O)[C@H](O)[C@@H](O)[C@@H]1O. The van der Waals surface area contributed by atoms with Crippen molar-refractivity contribution in [3.05, 3.63) is 0 Å². The lowest BCUT2D eigenvalue weighted by Gasteiger charge is -2.50. The van der Waals surface area contributed by atoms with Crippen LogP contribution in [0.4, 0.5) is 0 Å². The first-order valence-electron chi connectivity index (χ1n) is 21.1. The van der Waals surface area contributed by atoms with E-state index < -0.39 is 224 Å². The summed E-state index contributed by atoms with van der Waals surface area (Å²) in [5.74, 6) is 0. The maximum atomic E-state index is 11.5. The van der Waals surface area contributed by atoms with Crippen molar-refractivity contribution in [3.63, 3.8) is 0 Å². The van der Waals surface area contributed by atoms with Crippen LogP contribution in [-0.2, 0) is 52.1 Å². The maximum Gasteiger partial charge on any atom is 0.187 e. The van der Waals surface area contributed by atoms with Crippen molar-refractivity contribution < 1.29 is 154 Å². The molecule has 0 aliphatic carbocycles. The fourth-order valence-corrected chi connectivity index (χ4v) is 8.49. The number of aliphatic hydroxyl groups excluding tert-OH is 20. The van der Waals surface area contributed by atoms with Gasteiger partial charge in [-0.3, -0.25) is 0 Å². The summed E-state index contributed by atoms with van der Waals surface area (Å²) < 4.78 is 60.4. The number of aliphatic hydroxyl groups is 20. The van der Waals surface area contributed by atoms with E-state index in [1.165, 1.54) is 0 Å². The van der Waals surface area contributed by atoms with E-state index in [2.05, 4.69) is 0 Å². The average Bonchev–Trinajstić information content (AvgIpc) is 3.31. The molecule has 1 unspecified atom stereocenters. The second-order valence-electron chi connectivity index (χ2n) is 16.8. The van der Waals surface area contributed by atoms with E-state index in [0.29, 0.717) is 0 Å². The lowest BCUT2D eigenvalue weighted by atomic mass is 9.95. The lowest BCUT2D eigenvalue weighted by Crippen LogP contribution is -2.68. The number of ether oxygens (including phenoxy) is 11. The molecule has 6 heterocycles. The minimum atomic E-state index is -2.26. The summed E-state index contributed by atoms with van der Waals surface area (Å²) in [6, 6.07) is 0. The van der Waals surface area contributed by atoms with Crippen LogP contribution in [-0.4, -0.2) is 326 Å². The highest BCUT2D eigenvalue weighted by molar-refractivity contribution is 5.00. The fourth-order valence-electron chi connectivity index (χ4n) is 8.49. The molecule has 31 nitrogen and oxygen atoms in total. The van der Waals surface area contributed by atoms with Gasteiger partial charge < -0.3 is 154 Å². The molecule has 6 saturated heterocycles. The smallest absolute Gasteiger partial charge is 0.187 e. The highest BCUT2D eigenvalue weighted by Crippen LogP contribution is 2.37. The third-order valence-corrected chi connectivity index (χ3v) is 12.4. The van der Waals surface area contributed by atoms with Crippen LogP contribution in [0.1, 0.15) is 0 Å². The molecule has 20 N–H and O–H groups in total. The third kappa shape index (κ3) is 11.2. The van der Waals surface area contributed by atoms with Crippen molar-refractivity contribution in [3.8, 4) is 0 Å². The molecule has 30 atom stereocenters. The second-order valence-corrected chi connectivity index (χ2v) is 16.8. The van der Waals surface area contributed by atoms with Crippen molar-refractivity contribution in [2.24, 2.45) is 0 Å². The normalized spacial score (nSPS) is 53.4. The Balaban J connectivity index is 1.18. The van der Waals surface area contributed by atoms with Gasteiger partial charge in [-0.05, 0) is 0 Å². The molecule has 6 aliphatic rings. The molecule has 392 valence electrons. The van der Waals surface area contributed by atoms with Crippen LogP contribution < -0.4 is 0 Å². The summed E-state index contributed by atoms with van der Waals surface area (Å²) >= 11 is 0. The number of hydrogen-bond acceptors (Lipinski definition) is 31. The molecule has 0 radical (unpaired) electrons. The maximum absolute atomic E-state index is 11.5. The lowest BCUT2D eigenvalue weighted by molar-refractivity contribution is -0.398. The Morgan fingerprint density at radius 1 is 0.224 bits per heavy atom. The van der Waals surface area contributed by atoms with Gasteiger partial charge in [0.15, 0.2) is 37.7 Å². The van der Waals surface area contributed by atoms with Crippen molar-refractivity contribution in [1.29, 1.82) is 0 Å². The van der Waals surface area contributed by atoms with Crippen molar-refractivity contribution in [1.82, 2.24) is 0 Å². The van der Waals surface area contributed by atoms with Crippen LogP contribution in [0.15, 0.2) is 0 Å². The van der Waals surface area contributed by atoms with Gasteiger partial charge in [0.25, 0.3) is 0 Å². The Morgan fingerprint density at radius 2 is 0.433 bits per heavy atom. The molecule has 31 heteroatoms. The van der Waals surface area contributed by atoms with Gasteiger partial charge in [0.1, 0.15) is 146 Å². The highest BCUT2D eigenvalue weighted by Gasteiger charge is 2.58. The van der Waals surface area contributed by atoms with Crippen LogP contribution in [0.2, 0.25) is 0 Å². The van der Waals surface area contributed by atoms with E-state index in [-0.39, 0.29) is 0 Å². The summed E-state index contributed by atoms with van der Waals surface area (Å²) in [6.07, 6.45) is -58.5. The van der Waals surface area contributed by atoms with Gasteiger partial charge in [-0.2, -0.15) is 0 Å². The van der Waals surface area contributed by atoms with E-state index in [4.69, 9.17) is 52.1 Å². The van der Waals surface area contributed by atoms with Gasteiger partial charge in [-0.25, -0.2) is 0 Å². The molecular weight excluding hydrogens is 928 g/mol. The minimum absolute atomic E-state index is 0.862. The summed E-state index contributed by atoms with van der Waals surface area (Å²) in [6.45, 7) is -5.79. The zero-order valence-corrected chi connectivity index (χ0v) is 35.0. The first kappa shape index (κ1) is 55.1. The van der Waals surface area contributed by atoms with Gasteiger partial charge in [0.2, 0.25) is 0 Å². The zero-order chi connectivity index (χ0) is 49.3. The van der Waals surface area contributed by atoms with Crippen LogP contribution in [0.3, 0.4) is 0 Å². The third-order valence-electron chi connectivity index (χ3n) is 12.4. The summed E-state index contributed by atoms with van der Waals surface area (Å²) in [4.78, 5) is 0. The number of rotatable bonds is 16. The highest BCUT2D eigenvalue weighted by atomic mass is 16.8. The molecule has 0 bridgehead atoms. The first-order valence-corrected chi connectivity index (χ1v) is 21.1. The van der Waals surface area contributed by atoms with E-state index in [9.17, 15) is 102 Å². The Morgan fingerprint density at radius 3 is 0.687 bits per heavy atom. The molecule has 0 spiro atoms. The van der Waals surface area contributed by atoms with Gasteiger partial charge in [0, 0.05) is 0 Å². The monoisotopic (exact) mass is 990 g/mol. The molecule has 6 aliphatic heterocycles. The van der Waals surface area contributed by atoms with E-state index >= 15 is 0 Å². The van der Waals surface area contributed by atoms with Gasteiger partial charge in [-0.1, -0.05) is 0 Å². The predicted molar refractivity (Wildman–Crippen MR) is 199 cm³/mol. The molecule has 6 rings (SSSR count). The predicted octanol–water partition coefficient (Wildman–Crippen LogP) is -14.1. The van der Waals surface area contributed by atoms with Gasteiger partial charge in [0.05, 0.1) is 39.6 Å². The summed E-state index contributed by atoms with van der Waals surface area (Å²) in [7, 11) is 0. The molecule has 67 heavy (non-hydrogen) atoms. The Kier molecular flexibility index (Phi) is 19.4. The van der Waals surface area contributed by atoms with Gasteiger partial charge in [-0.15, -0.1) is 0 Å². The van der Waals surface area contributed by atoms with Crippen molar-refractivity contribution >= 4 is 0 Å². The fraction of sp³-hybridized carbons (Fsp3) is 1.00. The molecule has 0 aromatic rings. The van der Waals surface area contributed by atoms with E-state index in [1.54, 1.807) is 0 Å². The summed E-state index contributed by atoms with van der Waals surface area (Å²) in [5.41, 5.74) is 0. The second kappa shape index (κ2) is 23.5.